The number of carbonyl (C=O) groups excluding carboxylic acids is 1. The molecular weight excluding hydrogens is 292 g/mol. The number of amides is 1. The number of hydrogen-bond acceptors (Lipinski definition) is 2. The fourth-order valence-corrected chi connectivity index (χ4v) is 1.97. The van der Waals surface area contributed by atoms with Gasteiger partial charge in [-0.15, -0.1) is 0 Å². The summed E-state index contributed by atoms with van der Waals surface area (Å²) in [6.45, 7) is 1.95. The third-order valence-electron chi connectivity index (χ3n) is 2.59. The zero-order valence-corrected chi connectivity index (χ0v) is 11.5. The SMILES string of the molecule is CC(NC(=O)c1cccc(Br)n1)c1ccccc1. The molecule has 0 fully saturated rings. The van der Waals surface area contributed by atoms with Gasteiger partial charge in [0.25, 0.3) is 5.91 Å². The van der Waals surface area contributed by atoms with Crippen molar-refractivity contribution in [2.75, 3.05) is 0 Å². The van der Waals surface area contributed by atoms with Crippen LogP contribution in [0, 0.1) is 0 Å². The van der Waals surface area contributed by atoms with Crippen molar-refractivity contribution in [2.45, 2.75) is 13.0 Å². The minimum absolute atomic E-state index is 0.0421. The first-order valence-corrected chi connectivity index (χ1v) is 6.44. The predicted octanol–water partition coefficient (Wildman–Crippen LogP) is 3.34. The van der Waals surface area contributed by atoms with Gasteiger partial charge in [-0.05, 0) is 40.5 Å². The van der Waals surface area contributed by atoms with Crippen LogP contribution in [0.15, 0.2) is 53.1 Å². The monoisotopic (exact) mass is 304 g/mol. The average Bonchev–Trinajstić information content (AvgIpc) is 2.39. The Morgan fingerprint density at radius 3 is 2.56 bits per heavy atom. The van der Waals surface area contributed by atoms with E-state index < -0.39 is 0 Å². The summed E-state index contributed by atoms with van der Waals surface area (Å²) in [7, 11) is 0. The fraction of sp³-hybridized carbons (Fsp3) is 0.143. The lowest BCUT2D eigenvalue weighted by Crippen LogP contribution is -2.27. The molecule has 0 saturated heterocycles. The Kier molecular flexibility index (Phi) is 4.10. The van der Waals surface area contributed by atoms with Crippen LogP contribution in [-0.4, -0.2) is 10.9 Å². The molecular formula is C14H13BrN2O. The Balaban J connectivity index is 2.08. The summed E-state index contributed by atoms with van der Waals surface area (Å²) >= 11 is 3.25. The number of pyridine rings is 1. The van der Waals surface area contributed by atoms with Gasteiger partial charge >= 0.3 is 0 Å². The molecule has 1 atom stereocenters. The van der Waals surface area contributed by atoms with Gasteiger partial charge in [0, 0.05) is 0 Å². The minimum Gasteiger partial charge on any atom is -0.344 e. The summed E-state index contributed by atoms with van der Waals surface area (Å²) in [5, 5.41) is 2.92. The number of aromatic nitrogens is 1. The summed E-state index contributed by atoms with van der Waals surface area (Å²) < 4.78 is 0.655. The van der Waals surface area contributed by atoms with E-state index in [0.29, 0.717) is 10.3 Å². The molecule has 0 spiro atoms. The number of halogens is 1. The van der Waals surface area contributed by atoms with E-state index in [9.17, 15) is 4.79 Å². The maximum atomic E-state index is 12.0. The van der Waals surface area contributed by atoms with E-state index in [1.165, 1.54) is 0 Å². The number of benzene rings is 1. The van der Waals surface area contributed by atoms with E-state index in [-0.39, 0.29) is 11.9 Å². The number of nitrogens with one attached hydrogen (secondary N) is 1. The van der Waals surface area contributed by atoms with Crippen molar-refractivity contribution in [1.82, 2.24) is 10.3 Å². The first-order valence-electron chi connectivity index (χ1n) is 5.65. The van der Waals surface area contributed by atoms with Crippen LogP contribution in [0.4, 0.5) is 0 Å². The summed E-state index contributed by atoms with van der Waals surface area (Å²) in [5.74, 6) is -0.173. The molecule has 4 heteroatoms. The molecule has 18 heavy (non-hydrogen) atoms. The first kappa shape index (κ1) is 12.8. The highest BCUT2D eigenvalue weighted by Crippen LogP contribution is 2.12. The molecule has 1 heterocycles. The van der Waals surface area contributed by atoms with Crippen molar-refractivity contribution in [1.29, 1.82) is 0 Å². The molecule has 1 aromatic carbocycles. The molecule has 0 aliphatic carbocycles. The van der Waals surface area contributed by atoms with E-state index in [2.05, 4.69) is 26.2 Å². The first-order chi connectivity index (χ1) is 8.66. The summed E-state index contributed by atoms with van der Waals surface area (Å²) in [5.41, 5.74) is 1.48. The molecule has 3 nitrogen and oxygen atoms in total. The van der Waals surface area contributed by atoms with Gasteiger partial charge in [-0.3, -0.25) is 4.79 Å². The van der Waals surface area contributed by atoms with Crippen molar-refractivity contribution in [3.63, 3.8) is 0 Å². The molecule has 0 aliphatic heterocycles. The highest BCUT2D eigenvalue weighted by molar-refractivity contribution is 9.10. The Bertz CT molecular complexity index is 543. The molecule has 0 radical (unpaired) electrons. The molecule has 0 bridgehead atoms. The van der Waals surface area contributed by atoms with E-state index in [0.717, 1.165) is 5.56 Å². The van der Waals surface area contributed by atoms with Crippen molar-refractivity contribution in [2.24, 2.45) is 0 Å². The molecule has 92 valence electrons. The lowest BCUT2D eigenvalue weighted by Gasteiger charge is -2.13. The van der Waals surface area contributed by atoms with Gasteiger partial charge in [-0.25, -0.2) is 4.98 Å². The maximum Gasteiger partial charge on any atom is 0.270 e. The molecule has 1 amide bonds. The maximum absolute atomic E-state index is 12.0. The van der Waals surface area contributed by atoms with E-state index >= 15 is 0 Å². The molecule has 2 aromatic rings. The van der Waals surface area contributed by atoms with Crippen LogP contribution >= 0.6 is 15.9 Å². The number of hydrogen-bond donors (Lipinski definition) is 1. The van der Waals surface area contributed by atoms with Crippen molar-refractivity contribution in [3.8, 4) is 0 Å². The fourth-order valence-electron chi connectivity index (χ4n) is 1.63. The van der Waals surface area contributed by atoms with Crippen molar-refractivity contribution in [3.05, 3.63) is 64.4 Å². The van der Waals surface area contributed by atoms with Gasteiger partial charge in [0.1, 0.15) is 10.3 Å². The third-order valence-corrected chi connectivity index (χ3v) is 3.04. The minimum atomic E-state index is -0.173. The van der Waals surface area contributed by atoms with E-state index in [1.807, 2.05) is 37.3 Å². The Morgan fingerprint density at radius 2 is 1.89 bits per heavy atom. The van der Waals surface area contributed by atoms with Gasteiger partial charge < -0.3 is 5.32 Å². The molecule has 0 saturated carbocycles. The van der Waals surface area contributed by atoms with Crippen molar-refractivity contribution >= 4 is 21.8 Å². The van der Waals surface area contributed by atoms with Gasteiger partial charge in [-0.2, -0.15) is 0 Å². The van der Waals surface area contributed by atoms with Crippen LogP contribution in [0.25, 0.3) is 0 Å². The zero-order valence-electron chi connectivity index (χ0n) is 9.93. The normalized spacial score (nSPS) is 11.9. The van der Waals surface area contributed by atoms with Gasteiger partial charge in [0.2, 0.25) is 0 Å². The lowest BCUT2D eigenvalue weighted by atomic mass is 10.1. The van der Waals surface area contributed by atoms with Crippen molar-refractivity contribution < 1.29 is 4.79 Å². The lowest BCUT2D eigenvalue weighted by molar-refractivity contribution is 0.0934. The second-order valence-corrected chi connectivity index (χ2v) is 4.76. The van der Waals surface area contributed by atoms with Crippen LogP contribution in [0.2, 0.25) is 0 Å². The Labute approximate surface area is 114 Å². The summed E-state index contributed by atoms with van der Waals surface area (Å²) in [4.78, 5) is 16.1. The molecule has 0 aliphatic rings. The smallest absolute Gasteiger partial charge is 0.270 e. The number of carbonyl (C=O) groups is 1. The Morgan fingerprint density at radius 1 is 1.17 bits per heavy atom. The molecule has 2 rings (SSSR count). The van der Waals surface area contributed by atoms with E-state index in [1.54, 1.807) is 18.2 Å². The van der Waals surface area contributed by atoms with Gasteiger partial charge in [0.15, 0.2) is 0 Å². The Hall–Kier alpha value is -1.68. The second-order valence-electron chi connectivity index (χ2n) is 3.95. The van der Waals surface area contributed by atoms with E-state index in [4.69, 9.17) is 0 Å². The van der Waals surface area contributed by atoms with Gasteiger partial charge in [0.05, 0.1) is 6.04 Å². The van der Waals surface area contributed by atoms with Crippen LogP contribution in [0.1, 0.15) is 29.0 Å². The zero-order chi connectivity index (χ0) is 13.0. The highest BCUT2D eigenvalue weighted by Gasteiger charge is 2.12. The third kappa shape index (κ3) is 3.17. The molecule has 1 N–H and O–H groups in total. The van der Waals surface area contributed by atoms with Gasteiger partial charge in [-0.1, -0.05) is 36.4 Å². The summed E-state index contributed by atoms with van der Waals surface area (Å²) in [6, 6.07) is 15.1. The van der Waals surface area contributed by atoms with Crippen LogP contribution < -0.4 is 5.32 Å². The predicted molar refractivity (Wildman–Crippen MR) is 74.3 cm³/mol. The van der Waals surface area contributed by atoms with Crippen LogP contribution in [0.3, 0.4) is 0 Å². The molecule has 1 aromatic heterocycles. The standard InChI is InChI=1S/C14H13BrN2O/c1-10(11-6-3-2-4-7-11)16-14(18)12-8-5-9-13(15)17-12/h2-10H,1H3,(H,16,18). The van der Waals surface area contributed by atoms with Crippen LogP contribution in [-0.2, 0) is 0 Å². The van der Waals surface area contributed by atoms with Crippen LogP contribution in [0.5, 0.6) is 0 Å². The second kappa shape index (κ2) is 5.78. The number of nitrogens with zero attached hydrogens (tertiary/aromatic N) is 1. The molecule has 1 unspecified atom stereocenters. The average molecular weight is 305 g/mol. The topological polar surface area (TPSA) is 42.0 Å². The highest BCUT2D eigenvalue weighted by atomic mass is 79.9. The summed E-state index contributed by atoms with van der Waals surface area (Å²) in [6.07, 6.45) is 0. The largest absolute Gasteiger partial charge is 0.344 e. The number of rotatable bonds is 3. The quantitative estimate of drug-likeness (QED) is 0.884.